The molecule has 4 nitrogen and oxygen atoms in total. The second-order valence-electron chi connectivity index (χ2n) is 5.62. The molecular formula is C18H18F2N2O2. The van der Waals surface area contributed by atoms with Crippen LogP contribution in [-0.2, 0) is 11.3 Å². The summed E-state index contributed by atoms with van der Waals surface area (Å²) in [5, 5.41) is 2.50. The van der Waals surface area contributed by atoms with Gasteiger partial charge in [0.1, 0.15) is 11.6 Å². The van der Waals surface area contributed by atoms with Crippen LogP contribution in [0.3, 0.4) is 0 Å². The minimum atomic E-state index is -0.684. The highest BCUT2D eigenvalue weighted by atomic mass is 19.1. The lowest BCUT2D eigenvalue weighted by Crippen LogP contribution is -2.27. The summed E-state index contributed by atoms with van der Waals surface area (Å²) in [7, 11) is 1.50. The van der Waals surface area contributed by atoms with Gasteiger partial charge in [-0.05, 0) is 42.3 Å². The molecule has 0 bridgehead atoms. The molecule has 2 amide bonds. The van der Waals surface area contributed by atoms with E-state index in [1.165, 1.54) is 37.1 Å². The first-order chi connectivity index (χ1) is 11.3. The highest BCUT2D eigenvalue weighted by Crippen LogP contribution is 2.18. The summed E-state index contributed by atoms with van der Waals surface area (Å²) in [6, 6.07) is 8.47. The van der Waals surface area contributed by atoms with E-state index in [1.807, 2.05) is 0 Å². The summed E-state index contributed by atoms with van der Waals surface area (Å²) < 4.78 is 27.5. The van der Waals surface area contributed by atoms with Crippen molar-refractivity contribution in [3.8, 4) is 0 Å². The van der Waals surface area contributed by atoms with Gasteiger partial charge in [0.05, 0.1) is 5.56 Å². The smallest absolute Gasteiger partial charge is 0.256 e. The van der Waals surface area contributed by atoms with E-state index in [2.05, 4.69) is 5.32 Å². The molecule has 2 rings (SSSR count). The Morgan fingerprint density at radius 1 is 1.08 bits per heavy atom. The van der Waals surface area contributed by atoms with E-state index in [9.17, 15) is 18.4 Å². The third kappa shape index (κ3) is 4.16. The van der Waals surface area contributed by atoms with Crippen LogP contribution in [0.5, 0.6) is 0 Å². The van der Waals surface area contributed by atoms with Crippen LogP contribution in [0.25, 0.3) is 0 Å². The van der Waals surface area contributed by atoms with Crippen molar-refractivity contribution in [3.05, 3.63) is 64.7 Å². The third-order valence-electron chi connectivity index (χ3n) is 3.52. The van der Waals surface area contributed by atoms with Gasteiger partial charge in [-0.2, -0.15) is 0 Å². The van der Waals surface area contributed by atoms with Gasteiger partial charge in [0, 0.05) is 26.2 Å². The van der Waals surface area contributed by atoms with Gasteiger partial charge in [0.15, 0.2) is 0 Å². The van der Waals surface area contributed by atoms with E-state index in [0.717, 1.165) is 6.07 Å². The molecule has 0 unspecified atom stereocenters. The first kappa shape index (κ1) is 17.6. The largest absolute Gasteiger partial charge is 0.337 e. The summed E-state index contributed by atoms with van der Waals surface area (Å²) in [5.41, 5.74) is 1.30. The van der Waals surface area contributed by atoms with E-state index in [1.54, 1.807) is 19.1 Å². The van der Waals surface area contributed by atoms with E-state index in [-0.39, 0.29) is 23.8 Å². The van der Waals surface area contributed by atoms with Crippen LogP contribution >= 0.6 is 0 Å². The standard InChI is InChI=1S/C18H18F2N2O2/c1-11-4-5-13(8-17(11)20)10-22(3)18(24)15-9-14(21-12(2)23)6-7-16(15)19/h4-9H,10H2,1-3H3,(H,21,23). The Morgan fingerprint density at radius 2 is 1.79 bits per heavy atom. The van der Waals surface area contributed by atoms with Gasteiger partial charge in [0.2, 0.25) is 5.91 Å². The highest BCUT2D eigenvalue weighted by molar-refractivity contribution is 5.96. The number of amides is 2. The molecule has 2 aromatic rings. The molecule has 126 valence electrons. The molecule has 0 atom stereocenters. The average Bonchev–Trinajstić information content (AvgIpc) is 2.51. The number of benzene rings is 2. The van der Waals surface area contributed by atoms with Gasteiger partial charge in [-0.25, -0.2) is 8.78 Å². The average molecular weight is 332 g/mol. The molecule has 0 aliphatic heterocycles. The predicted molar refractivity (Wildman–Crippen MR) is 87.6 cm³/mol. The fraction of sp³-hybridized carbons (Fsp3) is 0.222. The lowest BCUT2D eigenvalue weighted by molar-refractivity contribution is -0.114. The Bertz CT molecular complexity index is 791. The topological polar surface area (TPSA) is 49.4 Å². The van der Waals surface area contributed by atoms with E-state index < -0.39 is 11.7 Å². The monoisotopic (exact) mass is 332 g/mol. The number of hydrogen-bond donors (Lipinski definition) is 1. The van der Waals surface area contributed by atoms with Gasteiger partial charge < -0.3 is 10.2 Å². The normalized spacial score (nSPS) is 10.4. The maximum absolute atomic E-state index is 14.0. The quantitative estimate of drug-likeness (QED) is 0.931. The summed E-state index contributed by atoms with van der Waals surface area (Å²) >= 11 is 0. The maximum atomic E-state index is 14.0. The van der Waals surface area contributed by atoms with Crippen LogP contribution in [-0.4, -0.2) is 23.8 Å². The molecule has 0 radical (unpaired) electrons. The van der Waals surface area contributed by atoms with Crippen molar-refractivity contribution in [2.24, 2.45) is 0 Å². The van der Waals surface area contributed by atoms with Crippen LogP contribution < -0.4 is 5.32 Å². The first-order valence-electron chi connectivity index (χ1n) is 7.35. The van der Waals surface area contributed by atoms with E-state index >= 15 is 0 Å². The molecule has 0 fully saturated rings. The molecule has 6 heteroatoms. The van der Waals surface area contributed by atoms with E-state index in [4.69, 9.17) is 0 Å². The Morgan fingerprint density at radius 3 is 2.42 bits per heavy atom. The summed E-state index contributed by atoms with van der Waals surface area (Å²) in [4.78, 5) is 24.8. The molecule has 0 aromatic heterocycles. The molecule has 0 saturated heterocycles. The zero-order valence-electron chi connectivity index (χ0n) is 13.7. The number of anilines is 1. The van der Waals surface area contributed by atoms with Crippen LogP contribution in [0.15, 0.2) is 36.4 Å². The van der Waals surface area contributed by atoms with Gasteiger partial charge in [-0.3, -0.25) is 9.59 Å². The molecule has 0 heterocycles. The predicted octanol–water partition coefficient (Wildman–Crippen LogP) is 3.50. The van der Waals surface area contributed by atoms with Gasteiger partial charge in [-0.15, -0.1) is 0 Å². The summed E-state index contributed by atoms with van der Waals surface area (Å²) in [5.74, 6) is -1.91. The number of aryl methyl sites for hydroxylation is 1. The first-order valence-corrected chi connectivity index (χ1v) is 7.35. The molecule has 1 N–H and O–H groups in total. The number of nitrogens with zero attached hydrogens (tertiary/aromatic N) is 1. The Labute approximate surface area is 139 Å². The van der Waals surface area contributed by atoms with Crippen molar-refractivity contribution in [2.75, 3.05) is 12.4 Å². The Kier molecular flexibility index (Phi) is 5.28. The van der Waals surface area contributed by atoms with Crippen LogP contribution in [0.2, 0.25) is 0 Å². The van der Waals surface area contributed by atoms with E-state index in [0.29, 0.717) is 16.8 Å². The number of carbonyl (C=O) groups is 2. The molecule has 0 spiro atoms. The highest BCUT2D eigenvalue weighted by Gasteiger charge is 2.17. The number of halogens is 2. The lowest BCUT2D eigenvalue weighted by Gasteiger charge is -2.18. The molecule has 0 aliphatic rings. The molecular weight excluding hydrogens is 314 g/mol. The van der Waals surface area contributed by atoms with Crippen LogP contribution in [0, 0.1) is 18.6 Å². The number of rotatable bonds is 4. The van der Waals surface area contributed by atoms with Crippen molar-refractivity contribution in [1.29, 1.82) is 0 Å². The number of carbonyl (C=O) groups excluding carboxylic acids is 2. The van der Waals surface area contributed by atoms with Crippen molar-refractivity contribution in [2.45, 2.75) is 20.4 Å². The van der Waals surface area contributed by atoms with Gasteiger partial charge >= 0.3 is 0 Å². The lowest BCUT2D eigenvalue weighted by atomic mass is 10.1. The Balaban J connectivity index is 2.20. The minimum Gasteiger partial charge on any atom is -0.337 e. The molecule has 24 heavy (non-hydrogen) atoms. The fourth-order valence-electron chi connectivity index (χ4n) is 2.26. The Hall–Kier alpha value is -2.76. The molecule has 0 aliphatic carbocycles. The molecule has 2 aromatic carbocycles. The second-order valence-corrected chi connectivity index (χ2v) is 5.62. The summed E-state index contributed by atoms with van der Waals surface area (Å²) in [6.45, 7) is 3.11. The number of nitrogens with one attached hydrogen (secondary N) is 1. The van der Waals surface area contributed by atoms with Crippen molar-refractivity contribution in [3.63, 3.8) is 0 Å². The van der Waals surface area contributed by atoms with Crippen molar-refractivity contribution >= 4 is 17.5 Å². The van der Waals surface area contributed by atoms with Gasteiger partial charge in [0.25, 0.3) is 5.91 Å². The summed E-state index contributed by atoms with van der Waals surface area (Å²) in [6.07, 6.45) is 0. The minimum absolute atomic E-state index is 0.139. The zero-order chi connectivity index (χ0) is 17.9. The third-order valence-corrected chi connectivity index (χ3v) is 3.52. The SMILES string of the molecule is CC(=O)Nc1ccc(F)c(C(=O)N(C)Cc2ccc(C)c(F)c2)c1. The zero-order valence-corrected chi connectivity index (χ0v) is 13.7. The van der Waals surface area contributed by atoms with Crippen LogP contribution in [0.1, 0.15) is 28.4 Å². The molecule has 0 saturated carbocycles. The maximum Gasteiger partial charge on any atom is 0.256 e. The number of hydrogen-bond acceptors (Lipinski definition) is 2. The van der Waals surface area contributed by atoms with Crippen LogP contribution in [0.4, 0.5) is 14.5 Å². The van der Waals surface area contributed by atoms with Gasteiger partial charge in [-0.1, -0.05) is 12.1 Å². The fourth-order valence-corrected chi connectivity index (χ4v) is 2.26. The second kappa shape index (κ2) is 7.21. The van der Waals surface area contributed by atoms with Crippen molar-refractivity contribution in [1.82, 2.24) is 4.90 Å². The van der Waals surface area contributed by atoms with Crippen molar-refractivity contribution < 1.29 is 18.4 Å².